The molecular weight excluding hydrogens is 338 g/mol. The zero-order valence-electron chi connectivity index (χ0n) is 14.5. The van der Waals surface area contributed by atoms with Crippen LogP contribution in [0.3, 0.4) is 0 Å². The minimum atomic E-state index is -3.24. The first-order chi connectivity index (χ1) is 11.9. The molecule has 2 rings (SSSR count). The van der Waals surface area contributed by atoms with Gasteiger partial charge in [-0.05, 0) is 55.0 Å². The molecule has 0 spiro atoms. The second-order valence-electron chi connectivity index (χ2n) is 5.83. The number of hydrogen-bond donors (Lipinski definition) is 1. The van der Waals surface area contributed by atoms with E-state index in [9.17, 15) is 13.2 Å². The van der Waals surface area contributed by atoms with Gasteiger partial charge < -0.3 is 10.1 Å². The van der Waals surface area contributed by atoms with Gasteiger partial charge in [-0.3, -0.25) is 4.79 Å². The van der Waals surface area contributed by atoms with E-state index in [1.807, 2.05) is 0 Å². The van der Waals surface area contributed by atoms with Crippen molar-refractivity contribution in [3.63, 3.8) is 0 Å². The number of hydrogen-bond acceptors (Lipinski definition) is 4. The SMILES string of the molecule is CCCCCOc1ccc(C(=O)Nc2ccc(S(C)(=O)=O)cc2)cc1. The summed E-state index contributed by atoms with van der Waals surface area (Å²) in [5.41, 5.74) is 1.05. The van der Waals surface area contributed by atoms with Gasteiger partial charge in [-0.1, -0.05) is 19.8 Å². The van der Waals surface area contributed by atoms with Crippen LogP contribution in [0.15, 0.2) is 53.4 Å². The Bertz CT molecular complexity index is 796. The van der Waals surface area contributed by atoms with Gasteiger partial charge >= 0.3 is 0 Å². The van der Waals surface area contributed by atoms with E-state index in [0.717, 1.165) is 31.3 Å². The van der Waals surface area contributed by atoms with Gasteiger partial charge in [0.2, 0.25) is 0 Å². The first-order valence-electron chi connectivity index (χ1n) is 8.24. The Kier molecular flexibility index (Phi) is 6.58. The lowest BCUT2D eigenvalue weighted by Crippen LogP contribution is -2.12. The van der Waals surface area contributed by atoms with Crippen molar-refractivity contribution in [2.45, 2.75) is 31.1 Å². The third-order valence-electron chi connectivity index (χ3n) is 3.67. The molecule has 0 saturated carbocycles. The lowest BCUT2D eigenvalue weighted by Gasteiger charge is -2.08. The third-order valence-corrected chi connectivity index (χ3v) is 4.80. The molecule has 5 nitrogen and oxygen atoms in total. The predicted octanol–water partition coefficient (Wildman–Crippen LogP) is 3.91. The molecule has 0 aliphatic rings. The molecule has 2 aromatic rings. The molecule has 0 bridgehead atoms. The zero-order valence-corrected chi connectivity index (χ0v) is 15.3. The molecule has 0 aliphatic carbocycles. The van der Waals surface area contributed by atoms with Gasteiger partial charge in [0.15, 0.2) is 9.84 Å². The van der Waals surface area contributed by atoms with E-state index in [0.29, 0.717) is 17.9 Å². The summed E-state index contributed by atoms with van der Waals surface area (Å²) in [4.78, 5) is 12.5. The van der Waals surface area contributed by atoms with Crippen molar-refractivity contribution in [2.75, 3.05) is 18.2 Å². The average molecular weight is 361 g/mol. The Balaban J connectivity index is 1.94. The van der Waals surface area contributed by atoms with Gasteiger partial charge in [-0.2, -0.15) is 0 Å². The molecule has 0 atom stereocenters. The van der Waals surface area contributed by atoms with Crippen LogP contribution < -0.4 is 10.1 Å². The fourth-order valence-corrected chi connectivity index (χ4v) is 2.86. The maximum absolute atomic E-state index is 12.2. The van der Waals surface area contributed by atoms with Crippen molar-refractivity contribution >= 4 is 21.4 Å². The van der Waals surface area contributed by atoms with Crippen LogP contribution >= 0.6 is 0 Å². The summed E-state index contributed by atoms with van der Waals surface area (Å²) in [5.74, 6) is 0.481. The van der Waals surface area contributed by atoms with Crippen LogP contribution in [0.4, 0.5) is 5.69 Å². The fraction of sp³-hybridized carbons (Fsp3) is 0.316. The first-order valence-corrected chi connectivity index (χ1v) is 10.1. The van der Waals surface area contributed by atoms with E-state index < -0.39 is 9.84 Å². The third kappa shape index (κ3) is 5.90. The van der Waals surface area contributed by atoms with Gasteiger partial charge in [-0.15, -0.1) is 0 Å². The van der Waals surface area contributed by atoms with Crippen LogP contribution in [-0.2, 0) is 9.84 Å². The summed E-state index contributed by atoms with van der Waals surface area (Å²) in [7, 11) is -3.24. The number of sulfone groups is 1. The summed E-state index contributed by atoms with van der Waals surface area (Å²) in [5, 5.41) is 2.74. The highest BCUT2D eigenvalue weighted by atomic mass is 32.2. The molecule has 0 radical (unpaired) electrons. The molecule has 0 unspecified atom stereocenters. The Morgan fingerprint density at radius 2 is 1.64 bits per heavy atom. The Labute approximate surface area is 148 Å². The molecular formula is C19H23NO4S. The van der Waals surface area contributed by atoms with Crippen LogP contribution in [0.2, 0.25) is 0 Å². The smallest absolute Gasteiger partial charge is 0.255 e. The van der Waals surface area contributed by atoms with Crippen LogP contribution in [-0.4, -0.2) is 27.2 Å². The van der Waals surface area contributed by atoms with Gasteiger partial charge in [-0.25, -0.2) is 8.42 Å². The van der Waals surface area contributed by atoms with Gasteiger partial charge in [0.05, 0.1) is 11.5 Å². The highest BCUT2D eigenvalue weighted by Crippen LogP contribution is 2.17. The molecule has 0 fully saturated rings. The molecule has 1 N–H and O–H groups in total. The van der Waals surface area contributed by atoms with E-state index in [1.54, 1.807) is 36.4 Å². The number of benzene rings is 2. The largest absolute Gasteiger partial charge is 0.494 e. The number of carbonyl (C=O) groups excluding carboxylic acids is 1. The van der Waals surface area contributed by atoms with Crippen molar-refractivity contribution in [3.05, 3.63) is 54.1 Å². The minimum absolute atomic E-state index is 0.218. The lowest BCUT2D eigenvalue weighted by atomic mass is 10.2. The molecule has 0 heterocycles. The molecule has 25 heavy (non-hydrogen) atoms. The standard InChI is InChI=1S/C19H23NO4S/c1-3-4-5-14-24-17-10-6-15(7-11-17)19(21)20-16-8-12-18(13-9-16)25(2,22)23/h6-13H,3-5,14H2,1-2H3,(H,20,21). The second kappa shape index (κ2) is 8.67. The molecule has 6 heteroatoms. The number of rotatable bonds is 8. The predicted molar refractivity (Wildman–Crippen MR) is 99.0 cm³/mol. The van der Waals surface area contributed by atoms with Crippen LogP contribution in [0.5, 0.6) is 5.75 Å². The maximum atomic E-state index is 12.2. The molecule has 134 valence electrons. The molecule has 0 aliphatic heterocycles. The van der Waals surface area contributed by atoms with E-state index >= 15 is 0 Å². The molecule has 0 saturated heterocycles. The number of nitrogens with one attached hydrogen (secondary N) is 1. The minimum Gasteiger partial charge on any atom is -0.494 e. The number of unbranched alkanes of at least 4 members (excludes halogenated alkanes) is 2. The topological polar surface area (TPSA) is 72.5 Å². The fourth-order valence-electron chi connectivity index (χ4n) is 2.23. The van der Waals surface area contributed by atoms with Crippen LogP contribution in [0.25, 0.3) is 0 Å². The quantitative estimate of drug-likeness (QED) is 0.724. The lowest BCUT2D eigenvalue weighted by molar-refractivity contribution is 0.102. The Morgan fingerprint density at radius 3 is 2.20 bits per heavy atom. The van der Waals surface area contributed by atoms with E-state index in [1.165, 1.54) is 12.1 Å². The summed E-state index contributed by atoms with van der Waals surface area (Å²) < 4.78 is 28.5. The number of anilines is 1. The number of amides is 1. The Hall–Kier alpha value is -2.34. The monoisotopic (exact) mass is 361 g/mol. The maximum Gasteiger partial charge on any atom is 0.255 e. The summed E-state index contributed by atoms with van der Waals surface area (Å²) in [6.07, 6.45) is 4.45. The Morgan fingerprint density at radius 1 is 1.00 bits per heavy atom. The highest BCUT2D eigenvalue weighted by Gasteiger charge is 2.09. The van der Waals surface area contributed by atoms with Crippen molar-refractivity contribution in [2.24, 2.45) is 0 Å². The summed E-state index contributed by atoms with van der Waals surface area (Å²) in [6, 6.07) is 13.0. The average Bonchev–Trinajstić information content (AvgIpc) is 2.59. The van der Waals surface area contributed by atoms with Gasteiger partial charge in [0, 0.05) is 17.5 Å². The van der Waals surface area contributed by atoms with Crippen LogP contribution in [0, 0.1) is 0 Å². The van der Waals surface area contributed by atoms with E-state index in [2.05, 4.69) is 12.2 Å². The number of ether oxygens (including phenoxy) is 1. The van der Waals surface area contributed by atoms with E-state index in [4.69, 9.17) is 4.74 Å². The molecule has 1 amide bonds. The van der Waals surface area contributed by atoms with Gasteiger partial charge in [0.1, 0.15) is 5.75 Å². The normalized spacial score (nSPS) is 11.1. The van der Waals surface area contributed by atoms with Crippen molar-refractivity contribution in [1.29, 1.82) is 0 Å². The summed E-state index contributed by atoms with van der Waals surface area (Å²) >= 11 is 0. The highest BCUT2D eigenvalue weighted by molar-refractivity contribution is 7.90. The summed E-state index contributed by atoms with van der Waals surface area (Å²) in [6.45, 7) is 2.81. The van der Waals surface area contributed by atoms with Crippen molar-refractivity contribution in [1.82, 2.24) is 0 Å². The first kappa shape index (κ1) is 19.0. The second-order valence-corrected chi connectivity index (χ2v) is 7.85. The van der Waals surface area contributed by atoms with Gasteiger partial charge in [0.25, 0.3) is 5.91 Å². The zero-order chi connectivity index (χ0) is 18.3. The number of carbonyl (C=O) groups is 1. The van der Waals surface area contributed by atoms with E-state index in [-0.39, 0.29) is 10.8 Å². The van der Waals surface area contributed by atoms with Crippen LogP contribution in [0.1, 0.15) is 36.5 Å². The molecule has 2 aromatic carbocycles. The van der Waals surface area contributed by atoms with Crippen molar-refractivity contribution in [3.8, 4) is 5.75 Å². The molecule has 0 aromatic heterocycles. The van der Waals surface area contributed by atoms with Crippen molar-refractivity contribution < 1.29 is 17.9 Å².